The van der Waals surface area contributed by atoms with Crippen molar-refractivity contribution in [3.05, 3.63) is 30.1 Å². The van der Waals surface area contributed by atoms with Crippen molar-refractivity contribution in [2.24, 2.45) is 0 Å². The Hall–Kier alpha value is -1.77. The van der Waals surface area contributed by atoms with Gasteiger partial charge in [0, 0.05) is 10.9 Å². The molecule has 0 amide bonds. The van der Waals surface area contributed by atoms with Gasteiger partial charge in [0.05, 0.1) is 5.39 Å². The molecule has 0 saturated carbocycles. The van der Waals surface area contributed by atoms with Crippen LogP contribution >= 0.6 is 0 Å². The maximum Gasteiger partial charge on any atom is 0.180 e. The van der Waals surface area contributed by atoms with Crippen LogP contribution in [0.5, 0.6) is 11.5 Å². The first-order chi connectivity index (χ1) is 8.41. The normalized spacial score (nSPS) is 11.7. The highest BCUT2D eigenvalue weighted by Gasteiger charge is 2.18. The number of phenolic OH excluding ortho intramolecular Hbond substituents is 2. The molecule has 1 aromatic heterocycles. The summed E-state index contributed by atoms with van der Waals surface area (Å²) in [5.41, 5.74) is 1.18. The topological polar surface area (TPSA) is 44.3 Å². The lowest BCUT2D eigenvalue weighted by molar-refractivity contribution is -0.715. The monoisotopic (exact) mass is 246 g/mol. The first-order valence-corrected chi connectivity index (χ1v) is 6.31. The van der Waals surface area contributed by atoms with Crippen LogP contribution in [0.2, 0.25) is 0 Å². The number of nitrogens with zero attached hydrogens (tertiary/aromatic N) is 1. The van der Waals surface area contributed by atoms with Crippen molar-refractivity contribution in [1.82, 2.24) is 0 Å². The summed E-state index contributed by atoms with van der Waals surface area (Å²) in [5.74, 6) is 0.255. The summed E-state index contributed by atoms with van der Waals surface area (Å²) < 4.78 is 2.07. The van der Waals surface area contributed by atoms with Crippen LogP contribution < -0.4 is 4.57 Å². The van der Waals surface area contributed by atoms with Crippen molar-refractivity contribution >= 4 is 10.8 Å². The van der Waals surface area contributed by atoms with Gasteiger partial charge in [-0.15, -0.1) is 0 Å². The van der Waals surface area contributed by atoms with E-state index in [0.29, 0.717) is 17.3 Å². The third-order valence-corrected chi connectivity index (χ3v) is 3.29. The Bertz CT molecular complexity index is 589. The highest BCUT2D eigenvalue weighted by Crippen LogP contribution is 2.35. The summed E-state index contributed by atoms with van der Waals surface area (Å²) in [6.07, 6.45) is 4.01. The number of rotatable bonds is 2. The predicted octanol–water partition coefficient (Wildman–Crippen LogP) is 3.24. The molecule has 0 atom stereocenters. The number of phenols is 2. The molecule has 1 aromatic carbocycles. The molecule has 0 radical (unpaired) electrons. The molecule has 0 bridgehead atoms. The van der Waals surface area contributed by atoms with Gasteiger partial charge in [0.15, 0.2) is 29.9 Å². The maximum absolute atomic E-state index is 10.0. The number of aromatic nitrogens is 1. The minimum Gasteiger partial charge on any atom is -0.504 e. The van der Waals surface area contributed by atoms with E-state index >= 15 is 0 Å². The van der Waals surface area contributed by atoms with Crippen LogP contribution in [-0.4, -0.2) is 10.2 Å². The van der Waals surface area contributed by atoms with E-state index in [-0.39, 0.29) is 11.5 Å². The third kappa shape index (κ3) is 2.01. The molecule has 96 valence electrons. The summed E-state index contributed by atoms with van der Waals surface area (Å²) in [6, 6.07) is 3.72. The molecule has 2 rings (SSSR count). The molecule has 3 nitrogen and oxygen atoms in total. The van der Waals surface area contributed by atoms with E-state index in [4.69, 9.17) is 0 Å². The number of benzene rings is 1. The quantitative estimate of drug-likeness (QED) is 0.631. The zero-order chi connectivity index (χ0) is 13.4. The average molecular weight is 246 g/mol. The molecule has 2 N–H and O–H groups in total. The smallest absolute Gasteiger partial charge is 0.180 e. The molecule has 0 saturated heterocycles. The standard InChI is InChI=1S/C15H19NO2/c1-9(2)12-7-16(10(3)4)8-13-11(12)5-6-14(17)15(13)18/h5-10,17H,1-4H3/p+1. The average Bonchev–Trinajstić information content (AvgIpc) is 2.32. The number of hydrogen-bond acceptors (Lipinski definition) is 2. The fourth-order valence-corrected chi connectivity index (χ4v) is 2.15. The number of hydrogen-bond donors (Lipinski definition) is 2. The Kier molecular flexibility index (Phi) is 3.16. The Morgan fingerprint density at radius 2 is 1.61 bits per heavy atom. The molecule has 0 aliphatic carbocycles. The lowest BCUT2D eigenvalue weighted by Gasteiger charge is -2.12. The molecule has 2 aromatic rings. The fourth-order valence-electron chi connectivity index (χ4n) is 2.15. The van der Waals surface area contributed by atoms with Gasteiger partial charge in [-0.25, -0.2) is 4.57 Å². The largest absolute Gasteiger partial charge is 0.504 e. The van der Waals surface area contributed by atoms with Gasteiger partial charge in [0.25, 0.3) is 0 Å². The summed E-state index contributed by atoms with van der Waals surface area (Å²) in [4.78, 5) is 0. The summed E-state index contributed by atoms with van der Waals surface area (Å²) in [5, 5.41) is 21.3. The second-order valence-corrected chi connectivity index (χ2v) is 5.30. The van der Waals surface area contributed by atoms with Crippen molar-refractivity contribution in [2.45, 2.75) is 39.7 Å². The van der Waals surface area contributed by atoms with Crippen LogP contribution in [0.1, 0.15) is 45.2 Å². The van der Waals surface area contributed by atoms with Crippen LogP contribution in [0, 0.1) is 0 Å². The second-order valence-electron chi connectivity index (χ2n) is 5.30. The first-order valence-electron chi connectivity index (χ1n) is 6.31. The van der Waals surface area contributed by atoms with E-state index < -0.39 is 0 Å². The van der Waals surface area contributed by atoms with Gasteiger partial charge < -0.3 is 10.2 Å². The molecule has 18 heavy (non-hydrogen) atoms. The van der Waals surface area contributed by atoms with Crippen molar-refractivity contribution in [1.29, 1.82) is 0 Å². The van der Waals surface area contributed by atoms with Gasteiger partial charge in [-0.2, -0.15) is 0 Å². The van der Waals surface area contributed by atoms with Gasteiger partial charge in [-0.1, -0.05) is 13.8 Å². The van der Waals surface area contributed by atoms with Crippen LogP contribution in [0.4, 0.5) is 0 Å². The predicted molar refractivity (Wildman–Crippen MR) is 71.9 cm³/mol. The Labute approximate surface area is 107 Å². The summed E-state index contributed by atoms with van der Waals surface area (Å²) in [7, 11) is 0. The highest BCUT2D eigenvalue weighted by molar-refractivity contribution is 5.91. The van der Waals surface area contributed by atoms with E-state index in [9.17, 15) is 10.2 Å². The molecular formula is C15H20NO2+. The van der Waals surface area contributed by atoms with Gasteiger partial charge in [0.1, 0.15) is 0 Å². The molecule has 3 heteroatoms. The number of aromatic hydroxyl groups is 2. The Morgan fingerprint density at radius 1 is 0.944 bits per heavy atom. The molecule has 0 fully saturated rings. The molecule has 0 aliphatic rings. The van der Waals surface area contributed by atoms with Crippen molar-refractivity contribution in [3.8, 4) is 11.5 Å². The highest BCUT2D eigenvalue weighted by atomic mass is 16.3. The first kappa shape index (κ1) is 12.7. The number of pyridine rings is 1. The van der Waals surface area contributed by atoms with Crippen molar-refractivity contribution in [3.63, 3.8) is 0 Å². The van der Waals surface area contributed by atoms with E-state index in [1.807, 2.05) is 12.3 Å². The summed E-state index contributed by atoms with van der Waals surface area (Å²) >= 11 is 0. The minimum absolute atomic E-state index is 0.0376. The van der Waals surface area contributed by atoms with Crippen LogP contribution in [-0.2, 0) is 0 Å². The third-order valence-electron chi connectivity index (χ3n) is 3.29. The van der Waals surface area contributed by atoms with E-state index in [1.54, 1.807) is 6.07 Å². The Balaban J connectivity index is 2.85. The van der Waals surface area contributed by atoms with Crippen molar-refractivity contribution in [2.75, 3.05) is 0 Å². The van der Waals surface area contributed by atoms with Gasteiger partial charge in [-0.05, 0) is 31.9 Å². The van der Waals surface area contributed by atoms with Gasteiger partial charge in [-0.3, -0.25) is 0 Å². The maximum atomic E-state index is 10.0. The van der Waals surface area contributed by atoms with Gasteiger partial charge >= 0.3 is 0 Å². The molecule has 0 unspecified atom stereocenters. The summed E-state index contributed by atoms with van der Waals surface area (Å²) in [6.45, 7) is 8.44. The van der Waals surface area contributed by atoms with Crippen LogP contribution in [0.3, 0.4) is 0 Å². The van der Waals surface area contributed by atoms with E-state index in [0.717, 1.165) is 5.39 Å². The lowest BCUT2D eigenvalue weighted by Crippen LogP contribution is -2.36. The van der Waals surface area contributed by atoms with Gasteiger partial charge in [0.2, 0.25) is 0 Å². The van der Waals surface area contributed by atoms with Crippen LogP contribution in [0.25, 0.3) is 10.8 Å². The SMILES string of the molecule is CC(C)c1c[n+](C(C)C)cc2c(O)c(O)ccc12. The lowest BCUT2D eigenvalue weighted by atomic mass is 9.97. The molecule has 1 heterocycles. The van der Waals surface area contributed by atoms with Crippen molar-refractivity contribution < 1.29 is 14.8 Å². The Morgan fingerprint density at radius 3 is 2.17 bits per heavy atom. The fraction of sp³-hybridized carbons (Fsp3) is 0.400. The molecule has 0 aliphatic heterocycles. The minimum atomic E-state index is -0.0706. The van der Waals surface area contributed by atoms with E-state index in [2.05, 4.69) is 38.5 Å². The molecule has 0 spiro atoms. The molecular weight excluding hydrogens is 226 g/mol. The van der Waals surface area contributed by atoms with E-state index in [1.165, 1.54) is 5.56 Å². The second kappa shape index (κ2) is 4.48. The number of fused-ring (bicyclic) bond motifs is 1. The van der Waals surface area contributed by atoms with Crippen LogP contribution in [0.15, 0.2) is 24.5 Å². The zero-order valence-corrected chi connectivity index (χ0v) is 11.3. The zero-order valence-electron chi connectivity index (χ0n) is 11.3.